The highest BCUT2D eigenvalue weighted by Gasteiger charge is 2.28. The molecule has 1 amide bonds. The first kappa shape index (κ1) is 53.4. The van der Waals surface area contributed by atoms with Crippen molar-refractivity contribution < 1.29 is 47.8 Å². The Morgan fingerprint density at radius 1 is 0.579 bits per heavy atom. The summed E-state index contributed by atoms with van der Waals surface area (Å²) in [6.07, 6.45) is 48.7. The minimum Gasteiger partial charge on any atom is -0.480 e. The van der Waals surface area contributed by atoms with Crippen LogP contribution in [0.4, 0.5) is 0 Å². The van der Waals surface area contributed by atoms with Gasteiger partial charge in [-0.1, -0.05) is 143 Å². The summed E-state index contributed by atoms with van der Waals surface area (Å²) in [5, 5.41) is 21.8. The molecule has 4 N–H and O–H groups in total. The zero-order valence-electron chi connectivity index (χ0n) is 34.6. The SMILES string of the molecule is CC/C=C\C/C=C\C/C=C\C/C=C\C/C=C\C/C=C\CCC(=O)OCC(O)COP(=O)(O)OCC(NC(=O)CCCCCCC/C=C\C/C=C\CCCC)C(=O)O. The van der Waals surface area contributed by atoms with Gasteiger partial charge in [0.1, 0.15) is 12.7 Å². The summed E-state index contributed by atoms with van der Waals surface area (Å²) in [4.78, 5) is 45.8. The maximum atomic E-state index is 12.3. The molecule has 3 unspecified atom stereocenters. The fraction of sp³-hybridized carbons (Fsp3) is 0.578. The van der Waals surface area contributed by atoms with Gasteiger partial charge in [0.25, 0.3) is 0 Å². The highest BCUT2D eigenvalue weighted by atomic mass is 31.2. The van der Waals surface area contributed by atoms with E-state index in [1.165, 1.54) is 12.8 Å². The Hall–Kier alpha value is -3.60. The number of hydrogen-bond acceptors (Lipinski definition) is 8. The first-order valence-electron chi connectivity index (χ1n) is 20.8. The predicted molar refractivity (Wildman–Crippen MR) is 230 cm³/mol. The fourth-order valence-corrected chi connectivity index (χ4v) is 5.66. The van der Waals surface area contributed by atoms with E-state index in [1.807, 2.05) is 18.2 Å². The Labute approximate surface area is 343 Å². The smallest absolute Gasteiger partial charge is 0.472 e. The average Bonchev–Trinajstić information content (AvgIpc) is 3.18. The molecular formula is C45H72NO10P. The third kappa shape index (κ3) is 39.0. The van der Waals surface area contributed by atoms with E-state index in [0.717, 1.165) is 83.5 Å². The molecule has 0 spiro atoms. The number of nitrogens with one attached hydrogen (secondary N) is 1. The average molecular weight is 818 g/mol. The Balaban J connectivity index is 4.06. The van der Waals surface area contributed by atoms with Crippen molar-refractivity contribution in [3.05, 3.63) is 97.2 Å². The van der Waals surface area contributed by atoms with Gasteiger partial charge in [-0.2, -0.15) is 0 Å². The molecular weight excluding hydrogens is 745 g/mol. The summed E-state index contributed by atoms with van der Waals surface area (Å²) < 4.78 is 26.7. The summed E-state index contributed by atoms with van der Waals surface area (Å²) >= 11 is 0. The van der Waals surface area contributed by atoms with Crippen molar-refractivity contribution in [3.63, 3.8) is 0 Å². The van der Waals surface area contributed by atoms with Crippen molar-refractivity contribution in [1.82, 2.24) is 5.32 Å². The Morgan fingerprint density at radius 3 is 1.56 bits per heavy atom. The molecule has 0 rings (SSSR count). The van der Waals surface area contributed by atoms with Crippen molar-refractivity contribution in [2.45, 2.75) is 148 Å². The number of carboxylic acids is 1. The second kappa shape index (κ2) is 39.2. The van der Waals surface area contributed by atoms with Crippen LogP contribution in [0.15, 0.2) is 97.2 Å². The summed E-state index contributed by atoms with van der Waals surface area (Å²) in [7, 11) is -4.78. The summed E-state index contributed by atoms with van der Waals surface area (Å²) in [5.41, 5.74) is 0. The molecule has 0 saturated carbocycles. The fourth-order valence-electron chi connectivity index (χ4n) is 4.88. The van der Waals surface area contributed by atoms with Gasteiger partial charge in [-0.3, -0.25) is 18.6 Å². The number of aliphatic hydroxyl groups excluding tert-OH is 1. The molecule has 0 aromatic rings. The number of aliphatic carboxylic acids is 1. The van der Waals surface area contributed by atoms with E-state index < -0.39 is 57.6 Å². The number of hydrogen-bond donors (Lipinski definition) is 4. The third-order valence-corrected chi connectivity index (χ3v) is 9.07. The molecule has 12 heteroatoms. The lowest BCUT2D eigenvalue weighted by atomic mass is 10.1. The lowest BCUT2D eigenvalue weighted by Crippen LogP contribution is -2.43. The van der Waals surface area contributed by atoms with Gasteiger partial charge in [0.05, 0.1) is 13.2 Å². The normalized spacial score (nSPS) is 14.7. The molecule has 0 saturated heterocycles. The van der Waals surface area contributed by atoms with Crippen molar-refractivity contribution in [2.75, 3.05) is 19.8 Å². The lowest BCUT2D eigenvalue weighted by molar-refractivity contribution is -0.147. The maximum Gasteiger partial charge on any atom is 0.472 e. The largest absolute Gasteiger partial charge is 0.480 e. The van der Waals surface area contributed by atoms with E-state index in [4.69, 9.17) is 13.8 Å². The Morgan fingerprint density at radius 2 is 1.04 bits per heavy atom. The van der Waals surface area contributed by atoms with Gasteiger partial charge in [-0.15, -0.1) is 0 Å². The molecule has 0 bridgehead atoms. The number of allylic oxidation sites excluding steroid dienone is 16. The van der Waals surface area contributed by atoms with Gasteiger partial charge < -0.3 is 25.2 Å². The summed E-state index contributed by atoms with van der Waals surface area (Å²) in [5.74, 6) is -2.50. The molecule has 0 aliphatic rings. The molecule has 11 nitrogen and oxygen atoms in total. The van der Waals surface area contributed by atoms with Gasteiger partial charge in [-0.25, -0.2) is 9.36 Å². The second-order valence-electron chi connectivity index (χ2n) is 13.4. The van der Waals surface area contributed by atoms with Crippen molar-refractivity contribution in [3.8, 4) is 0 Å². The highest BCUT2D eigenvalue weighted by Crippen LogP contribution is 2.43. The standard InChI is InChI=1S/C45H72NO10P/c1-3-5-7-9-11-13-15-17-19-20-21-22-23-25-27-29-31-33-35-37-44(49)54-38-41(47)39-55-57(52,53)56-40-42(45(50)51)46-43(48)36-34-32-30-28-26-24-18-16-14-12-10-8-6-4-2/h5,7,10-13,16-19,21-22,25,27,31,33,41-42,47H,3-4,6,8-9,14-15,20,23-24,26,28-30,32,34-40H2,1-2H3,(H,46,48)(H,50,51)(H,52,53)/b7-5-,12-10-,13-11-,18-16-,19-17-,22-21-,27-25-,33-31-. The molecule has 0 aromatic heterocycles. The number of unbranched alkanes of at least 4 members (excludes halogenated alkanes) is 7. The number of carboxylic acid groups (broad SMARTS) is 1. The number of phosphoric ester groups is 1. The summed E-state index contributed by atoms with van der Waals surface area (Å²) in [6.45, 7) is 2.32. The van der Waals surface area contributed by atoms with Crippen molar-refractivity contribution >= 4 is 25.7 Å². The first-order chi connectivity index (χ1) is 27.6. The number of carbonyl (C=O) groups is 3. The van der Waals surface area contributed by atoms with Gasteiger partial charge in [0.2, 0.25) is 5.91 Å². The van der Waals surface area contributed by atoms with Crippen LogP contribution < -0.4 is 5.32 Å². The monoisotopic (exact) mass is 817 g/mol. The third-order valence-electron chi connectivity index (χ3n) is 8.12. The van der Waals surface area contributed by atoms with Crippen molar-refractivity contribution in [2.24, 2.45) is 0 Å². The van der Waals surface area contributed by atoms with Crippen LogP contribution in [0.1, 0.15) is 136 Å². The predicted octanol–water partition coefficient (Wildman–Crippen LogP) is 10.5. The molecule has 0 heterocycles. The maximum absolute atomic E-state index is 12.3. The zero-order valence-corrected chi connectivity index (χ0v) is 35.5. The topological polar surface area (TPSA) is 169 Å². The highest BCUT2D eigenvalue weighted by molar-refractivity contribution is 7.47. The van der Waals surface area contributed by atoms with Gasteiger partial charge in [0.15, 0.2) is 6.04 Å². The van der Waals surface area contributed by atoms with Crippen LogP contribution in [-0.2, 0) is 32.7 Å². The molecule has 0 radical (unpaired) electrons. The van der Waals surface area contributed by atoms with Gasteiger partial charge in [0, 0.05) is 12.8 Å². The Bertz CT molecular complexity index is 1330. The van der Waals surface area contributed by atoms with Gasteiger partial charge >= 0.3 is 19.8 Å². The van der Waals surface area contributed by atoms with Gasteiger partial charge in [-0.05, 0) is 77.0 Å². The number of amides is 1. The number of aliphatic hydroxyl groups is 1. The van der Waals surface area contributed by atoms with Crippen LogP contribution in [0.25, 0.3) is 0 Å². The Kier molecular flexibility index (Phi) is 36.8. The van der Waals surface area contributed by atoms with E-state index in [2.05, 4.69) is 98.2 Å². The van der Waals surface area contributed by atoms with E-state index >= 15 is 0 Å². The van der Waals surface area contributed by atoms with Crippen LogP contribution >= 0.6 is 7.82 Å². The van der Waals surface area contributed by atoms with Crippen LogP contribution in [0.2, 0.25) is 0 Å². The van der Waals surface area contributed by atoms with Crippen LogP contribution in [0.3, 0.4) is 0 Å². The molecule has 0 aromatic carbocycles. The minimum atomic E-state index is -4.78. The molecule has 0 fully saturated rings. The number of ether oxygens (including phenoxy) is 1. The molecule has 3 atom stereocenters. The quantitative estimate of drug-likeness (QED) is 0.0205. The van der Waals surface area contributed by atoms with E-state index in [-0.39, 0.29) is 12.8 Å². The second-order valence-corrected chi connectivity index (χ2v) is 14.9. The van der Waals surface area contributed by atoms with Crippen molar-refractivity contribution in [1.29, 1.82) is 0 Å². The van der Waals surface area contributed by atoms with Crippen LogP contribution in [-0.4, -0.2) is 64.9 Å². The van der Waals surface area contributed by atoms with E-state index in [0.29, 0.717) is 12.8 Å². The first-order valence-corrected chi connectivity index (χ1v) is 22.3. The lowest BCUT2D eigenvalue weighted by Gasteiger charge is -2.18. The van der Waals surface area contributed by atoms with Crippen LogP contribution in [0, 0.1) is 0 Å². The number of rotatable bonds is 37. The summed E-state index contributed by atoms with van der Waals surface area (Å²) in [6, 6.07) is -1.57. The van der Waals surface area contributed by atoms with E-state index in [9.17, 15) is 34.1 Å². The minimum absolute atomic E-state index is 0.0924. The number of carbonyl (C=O) groups excluding carboxylic acids is 2. The molecule has 0 aliphatic carbocycles. The zero-order chi connectivity index (χ0) is 42.1. The molecule has 322 valence electrons. The van der Waals surface area contributed by atoms with Crippen LogP contribution in [0.5, 0.6) is 0 Å². The molecule has 57 heavy (non-hydrogen) atoms. The van der Waals surface area contributed by atoms with E-state index in [1.54, 1.807) is 0 Å². The number of phosphoric acid groups is 1. The number of esters is 1. The molecule has 0 aliphatic heterocycles.